The highest BCUT2D eigenvalue weighted by atomic mass is 35.5. The largest absolute Gasteiger partial charge is 0.325 e. The number of carbonyl (C=O) groups excluding carboxylic acids is 1. The summed E-state index contributed by atoms with van der Waals surface area (Å²) in [5.41, 5.74) is 9.12. The Labute approximate surface area is 116 Å². The van der Waals surface area contributed by atoms with Gasteiger partial charge in [-0.1, -0.05) is 26.8 Å². The second kappa shape index (κ2) is 7.39. The Balaban J connectivity index is 0.00000289. The summed E-state index contributed by atoms with van der Waals surface area (Å²) in [7, 11) is 0. The Kier molecular flexibility index (Phi) is 6.96. The average Bonchev–Trinajstić information content (AvgIpc) is 2.30. The number of amides is 1. The summed E-state index contributed by atoms with van der Waals surface area (Å²) in [6.07, 6.45) is 0.964. The number of hydrogen-bond donors (Lipinski definition) is 2. The first kappa shape index (κ1) is 16.9. The van der Waals surface area contributed by atoms with Gasteiger partial charge in [0.05, 0.1) is 6.04 Å². The first-order chi connectivity index (χ1) is 7.95. The number of benzene rings is 1. The van der Waals surface area contributed by atoms with Crippen LogP contribution in [0.1, 0.15) is 31.9 Å². The van der Waals surface area contributed by atoms with Gasteiger partial charge in [0.2, 0.25) is 5.91 Å². The number of carbonyl (C=O) groups is 1. The van der Waals surface area contributed by atoms with E-state index in [0.29, 0.717) is 0 Å². The molecule has 102 valence electrons. The average molecular weight is 271 g/mol. The van der Waals surface area contributed by atoms with E-state index in [1.807, 2.05) is 32.0 Å². The van der Waals surface area contributed by atoms with Crippen LogP contribution in [0.25, 0.3) is 0 Å². The molecule has 0 aromatic heterocycles. The molecule has 18 heavy (non-hydrogen) atoms. The van der Waals surface area contributed by atoms with E-state index in [2.05, 4.69) is 19.2 Å². The Morgan fingerprint density at radius 2 is 2.00 bits per heavy atom. The molecular formula is C14H23ClN2O. The highest BCUT2D eigenvalue weighted by molar-refractivity contribution is 5.94. The van der Waals surface area contributed by atoms with Gasteiger partial charge in [-0.2, -0.15) is 0 Å². The normalized spacial score (nSPS) is 11.9. The van der Waals surface area contributed by atoms with Crippen LogP contribution in [0.15, 0.2) is 18.2 Å². The summed E-state index contributed by atoms with van der Waals surface area (Å²) in [4.78, 5) is 11.8. The third-order valence-corrected chi connectivity index (χ3v) is 3.02. The van der Waals surface area contributed by atoms with Crippen LogP contribution in [-0.4, -0.2) is 11.9 Å². The minimum Gasteiger partial charge on any atom is -0.325 e. The number of aryl methyl sites for hydroxylation is 2. The molecular weight excluding hydrogens is 248 g/mol. The molecule has 0 fully saturated rings. The van der Waals surface area contributed by atoms with E-state index in [1.54, 1.807) is 0 Å². The molecule has 0 radical (unpaired) electrons. The minimum atomic E-state index is -0.457. The molecule has 1 aromatic carbocycles. The van der Waals surface area contributed by atoms with Crippen molar-refractivity contribution in [2.75, 3.05) is 5.32 Å². The number of nitrogens with two attached hydrogens (primary N) is 1. The van der Waals surface area contributed by atoms with Gasteiger partial charge in [0, 0.05) is 5.69 Å². The van der Waals surface area contributed by atoms with E-state index in [1.165, 1.54) is 11.1 Å². The lowest BCUT2D eigenvalue weighted by atomic mass is 10.0. The molecule has 1 rings (SSSR count). The third-order valence-electron chi connectivity index (χ3n) is 3.02. The summed E-state index contributed by atoms with van der Waals surface area (Å²) >= 11 is 0. The predicted octanol–water partition coefficient (Wildman–Crippen LogP) is 2.90. The molecule has 0 spiro atoms. The predicted molar refractivity (Wildman–Crippen MR) is 79.2 cm³/mol. The number of nitrogens with one attached hydrogen (secondary N) is 1. The maximum atomic E-state index is 11.8. The first-order valence-electron chi connectivity index (χ1n) is 6.11. The second-order valence-electron chi connectivity index (χ2n) is 4.75. The molecule has 3 nitrogen and oxygen atoms in total. The minimum absolute atomic E-state index is 0. The van der Waals surface area contributed by atoms with Crippen molar-refractivity contribution in [2.24, 2.45) is 11.7 Å². The van der Waals surface area contributed by atoms with Crippen molar-refractivity contribution in [3.8, 4) is 0 Å². The van der Waals surface area contributed by atoms with Crippen LogP contribution in [0.4, 0.5) is 5.69 Å². The lowest BCUT2D eigenvalue weighted by Gasteiger charge is -2.16. The highest BCUT2D eigenvalue weighted by Crippen LogP contribution is 2.16. The van der Waals surface area contributed by atoms with E-state index >= 15 is 0 Å². The number of anilines is 1. The topological polar surface area (TPSA) is 55.1 Å². The number of halogens is 1. The molecule has 1 amide bonds. The Morgan fingerprint density at radius 3 is 2.50 bits per heavy atom. The first-order valence-corrected chi connectivity index (χ1v) is 6.11. The van der Waals surface area contributed by atoms with Crippen LogP contribution in [-0.2, 0) is 11.2 Å². The second-order valence-corrected chi connectivity index (χ2v) is 4.75. The number of hydrogen-bond acceptors (Lipinski definition) is 2. The van der Waals surface area contributed by atoms with Crippen LogP contribution < -0.4 is 11.1 Å². The molecule has 0 saturated heterocycles. The van der Waals surface area contributed by atoms with Gasteiger partial charge in [-0.05, 0) is 42.5 Å². The molecule has 0 bridgehead atoms. The maximum Gasteiger partial charge on any atom is 0.241 e. The molecule has 0 aliphatic carbocycles. The zero-order valence-corrected chi connectivity index (χ0v) is 12.3. The highest BCUT2D eigenvalue weighted by Gasteiger charge is 2.17. The fourth-order valence-electron chi connectivity index (χ4n) is 1.66. The quantitative estimate of drug-likeness (QED) is 0.884. The van der Waals surface area contributed by atoms with E-state index in [9.17, 15) is 4.79 Å². The van der Waals surface area contributed by atoms with E-state index in [-0.39, 0.29) is 24.2 Å². The molecule has 0 aliphatic heterocycles. The summed E-state index contributed by atoms with van der Waals surface area (Å²) in [6, 6.07) is 5.50. The molecule has 3 N–H and O–H groups in total. The molecule has 4 heteroatoms. The van der Waals surface area contributed by atoms with Gasteiger partial charge < -0.3 is 11.1 Å². The lowest BCUT2D eigenvalue weighted by Crippen LogP contribution is -2.39. The Morgan fingerprint density at radius 1 is 1.39 bits per heavy atom. The Hall–Kier alpha value is -1.06. The van der Waals surface area contributed by atoms with Gasteiger partial charge in [0.25, 0.3) is 0 Å². The van der Waals surface area contributed by atoms with E-state index < -0.39 is 6.04 Å². The van der Waals surface area contributed by atoms with Gasteiger partial charge in [-0.15, -0.1) is 12.4 Å². The van der Waals surface area contributed by atoms with Gasteiger partial charge >= 0.3 is 0 Å². The monoisotopic (exact) mass is 270 g/mol. The Bertz CT molecular complexity index is 405. The van der Waals surface area contributed by atoms with Gasteiger partial charge in [0.15, 0.2) is 0 Å². The van der Waals surface area contributed by atoms with Crippen LogP contribution >= 0.6 is 12.4 Å². The number of rotatable bonds is 4. The van der Waals surface area contributed by atoms with Crippen molar-refractivity contribution in [2.45, 2.75) is 40.2 Å². The van der Waals surface area contributed by atoms with Crippen molar-refractivity contribution in [3.63, 3.8) is 0 Å². The molecule has 1 atom stereocenters. The van der Waals surface area contributed by atoms with Gasteiger partial charge in [-0.25, -0.2) is 0 Å². The zero-order chi connectivity index (χ0) is 13.0. The SMILES string of the molecule is CCc1cc(NC(=O)[C@@H](N)C(C)C)ccc1C.Cl. The molecule has 0 unspecified atom stereocenters. The third kappa shape index (κ3) is 4.31. The van der Waals surface area contributed by atoms with Crippen LogP contribution in [0, 0.1) is 12.8 Å². The summed E-state index contributed by atoms with van der Waals surface area (Å²) in [6.45, 7) is 8.06. The van der Waals surface area contributed by atoms with Crippen LogP contribution in [0.5, 0.6) is 0 Å². The van der Waals surface area contributed by atoms with Crippen molar-refractivity contribution in [3.05, 3.63) is 29.3 Å². The smallest absolute Gasteiger partial charge is 0.241 e. The van der Waals surface area contributed by atoms with E-state index in [4.69, 9.17) is 5.73 Å². The van der Waals surface area contributed by atoms with Crippen molar-refractivity contribution < 1.29 is 4.79 Å². The van der Waals surface area contributed by atoms with Gasteiger partial charge in [0.1, 0.15) is 0 Å². The lowest BCUT2D eigenvalue weighted by molar-refractivity contribution is -0.118. The van der Waals surface area contributed by atoms with E-state index in [0.717, 1.165) is 12.1 Å². The fourth-order valence-corrected chi connectivity index (χ4v) is 1.66. The summed E-state index contributed by atoms with van der Waals surface area (Å²) in [5, 5.41) is 2.86. The maximum absolute atomic E-state index is 11.8. The van der Waals surface area contributed by atoms with Crippen molar-refractivity contribution in [1.82, 2.24) is 0 Å². The van der Waals surface area contributed by atoms with Crippen LogP contribution in [0.2, 0.25) is 0 Å². The van der Waals surface area contributed by atoms with Crippen molar-refractivity contribution >= 4 is 24.0 Å². The van der Waals surface area contributed by atoms with Crippen LogP contribution in [0.3, 0.4) is 0 Å². The van der Waals surface area contributed by atoms with Crippen molar-refractivity contribution in [1.29, 1.82) is 0 Å². The molecule has 0 heterocycles. The molecule has 0 saturated carbocycles. The fraction of sp³-hybridized carbons (Fsp3) is 0.500. The standard InChI is InChI=1S/C14H22N2O.ClH/c1-5-11-8-12(7-6-10(11)4)16-14(17)13(15)9(2)3;/h6-9,13H,5,15H2,1-4H3,(H,16,17);1H/t13-;/m0./s1. The molecule has 1 aromatic rings. The zero-order valence-electron chi connectivity index (χ0n) is 11.5. The van der Waals surface area contributed by atoms with Gasteiger partial charge in [-0.3, -0.25) is 4.79 Å². The molecule has 0 aliphatic rings. The summed E-state index contributed by atoms with van der Waals surface area (Å²) in [5.74, 6) is 0.0250. The summed E-state index contributed by atoms with van der Waals surface area (Å²) < 4.78 is 0.